The van der Waals surface area contributed by atoms with Crippen LogP contribution in [0.25, 0.3) is 0 Å². The summed E-state index contributed by atoms with van der Waals surface area (Å²) in [5.74, 6) is 0.915. The number of rotatable bonds is 2. The van der Waals surface area contributed by atoms with E-state index in [0.717, 1.165) is 11.3 Å². The van der Waals surface area contributed by atoms with Crippen molar-refractivity contribution in [2.24, 2.45) is 5.73 Å². The zero-order valence-corrected chi connectivity index (χ0v) is 9.91. The van der Waals surface area contributed by atoms with Gasteiger partial charge in [0.1, 0.15) is 5.75 Å². The van der Waals surface area contributed by atoms with E-state index in [-0.39, 0.29) is 23.5 Å². The van der Waals surface area contributed by atoms with E-state index in [9.17, 15) is 8.42 Å². The van der Waals surface area contributed by atoms with Crippen molar-refractivity contribution in [3.8, 4) is 5.75 Å². The molecule has 88 valence electrons. The lowest BCUT2D eigenvalue weighted by Gasteiger charge is -2.14. The van der Waals surface area contributed by atoms with Gasteiger partial charge >= 0.3 is 0 Å². The third kappa shape index (κ3) is 2.20. The van der Waals surface area contributed by atoms with Crippen molar-refractivity contribution in [3.63, 3.8) is 0 Å². The Kier molecular flexibility index (Phi) is 2.90. The minimum atomic E-state index is -2.96. The second kappa shape index (κ2) is 4.07. The molecule has 5 heteroatoms. The summed E-state index contributed by atoms with van der Waals surface area (Å²) < 4.78 is 27.9. The first kappa shape index (κ1) is 11.4. The third-order valence-corrected chi connectivity index (χ3v) is 4.70. The van der Waals surface area contributed by atoms with E-state index in [0.29, 0.717) is 0 Å². The summed E-state index contributed by atoms with van der Waals surface area (Å²) in [6.45, 7) is 0. The number of nitrogens with two attached hydrogens (primary N) is 1. The number of methoxy groups -OCH3 is 1. The zero-order chi connectivity index (χ0) is 11.8. The molecule has 0 radical (unpaired) electrons. The van der Waals surface area contributed by atoms with Crippen molar-refractivity contribution in [1.29, 1.82) is 0 Å². The van der Waals surface area contributed by atoms with Gasteiger partial charge in [-0.15, -0.1) is 0 Å². The number of benzene rings is 1. The molecule has 1 aromatic rings. The van der Waals surface area contributed by atoms with Gasteiger partial charge < -0.3 is 10.5 Å². The quantitative estimate of drug-likeness (QED) is 0.820. The number of sulfone groups is 1. The van der Waals surface area contributed by atoms with Crippen LogP contribution in [0.3, 0.4) is 0 Å². The van der Waals surface area contributed by atoms with Crippen LogP contribution in [0.2, 0.25) is 0 Å². The Bertz CT molecular complexity index is 467. The van der Waals surface area contributed by atoms with Crippen molar-refractivity contribution in [1.82, 2.24) is 0 Å². The first-order valence-electron chi connectivity index (χ1n) is 5.12. The molecule has 0 spiro atoms. The van der Waals surface area contributed by atoms with Crippen molar-refractivity contribution in [2.75, 3.05) is 18.6 Å². The van der Waals surface area contributed by atoms with E-state index in [1.54, 1.807) is 7.11 Å². The summed E-state index contributed by atoms with van der Waals surface area (Å²) in [5, 5.41) is 0. The van der Waals surface area contributed by atoms with E-state index < -0.39 is 9.84 Å². The highest BCUT2D eigenvalue weighted by atomic mass is 32.2. The van der Waals surface area contributed by atoms with Gasteiger partial charge in [0.15, 0.2) is 9.84 Å². The molecule has 1 aliphatic rings. The predicted octanol–water partition coefficient (Wildman–Crippen LogP) is 0.534. The molecule has 1 aromatic carbocycles. The Morgan fingerprint density at radius 1 is 1.25 bits per heavy atom. The molecule has 2 unspecified atom stereocenters. The fourth-order valence-corrected chi connectivity index (χ4v) is 4.01. The largest absolute Gasteiger partial charge is 0.497 e. The van der Waals surface area contributed by atoms with E-state index in [1.807, 2.05) is 24.3 Å². The lowest BCUT2D eigenvalue weighted by Crippen LogP contribution is -2.27. The molecule has 2 rings (SSSR count). The van der Waals surface area contributed by atoms with Crippen LogP contribution in [0.15, 0.2) is 24.3 Å². The van der Waals surface area contributed by atoms with Crippen LogP contribution >= 0.6 is 0 Å². The predicted molar refractivity (Wildman–Crippen MR) is 62.4 cm³/mol. The van der Waals surface area contributed by atoms with Crippen LogP contribution in [-0.4, -0.2) is 33.1 Å². The van der Waals surface area contributed by atoms with E-state index in [1.165, 1.54) is 0 Å². The second-order valence-corrected chi connectivity index (χ2v) is 6.27. The van der Waals surface area contributed by atoms with Crippen LogP contribution in [0.1, 0.15) is 11.5 Å². The Balaban J connectivity index is 2.24. The van der Waals surface area contributed by atoms with Crippen molar-refractivity contribution in [2.45, 2.75) is 12.0 Å². The normalized spacial score (nSPS) is 27.9. The summed E-state index contributed by atoms with van der Waals surface area (Å²) in [4.78, 5) is 0. The zero-order valence-electron chi connectivity index (χ0n) is 9.09. The topological polar surface area (TPSA) is 69.4 Å². The molecule has 0 aromatic heterocycles. The molecule has 0 amide bonds. The minimum Gasteiger partial charge on any atom is -0.497 e. The average molecular weight is 241 g/mol. The van der Waals surface area contributed by atoms with Crippen LogP contribution in [-0.2, 0) is 9.84 Å². The fraction of sp³-hybridized carbons (Fsp3) is 0.455. The van der Waals surface area contributed by atoms with Gasteiger partial charge in [-0.3, -0.25) is 0 Å². The molecule has 0 bridgehead atoms. The van der Waals surface area contributed by atoms with E-state index in [4.69, 9.17) is 10.5 Å². The molecule has 16 heavy (non-hydrogen) atoms. The van der Waals surface area contributed by atoms with E-state index in [2.05, 4.69) is 0 Å². The first-order valence-corrected chi connectivity index (χ1v) is 6.94. The third-order valence-electron chi connectivity index (χ3n) is 2.94. The van der Waals surface area contributed by atoms with Gasteiger partial charge in [0, 0.05) is 12.0 Å². The summed E-state index contributed by atoms with van der Waals surface area (Å²) in [6, 6.07) is 7.12. The smallest absolute Gasteiger partial charge is 0.152 e. The highest BCUT2D eigenvalue weighted by Crippen LogP contribution is 2.29. The molecule has 1 fully saturated rings. The lowest BCUT2D eigenvalue weighted by molar-refractivity contribution is 0.414. The molecular weight excluding hydrogens is 226 g/mol. The Morgan fingerprint density at radius 3 is 2.31 bits per heavy atom. The molecule has 0 saturated carbocycles. The van der Waals surface area contributed by atoms with Crippen molar-refractivity contribution >= 4 is 9.84 Å². The monoisotopic (exact) mass is 241 g/mol. The van der Waals surface area contributed by atoms with Gasteiger partial charge in [-0.2, -0.15) is 0 Å². The molecule has 1 heterocycles. The summed E-state index contributed by atoms with van der Waals surface area (Å²) in [5.41, 5.74) is 6.81. The van der Waals surface area contributed by atoms with Crippen molar-refractivity contribution < 1.29 is 13.2 Å². The Morgan fingerprint density at radius 2 is 1.88 bits per heavy atom. The maximum absolute atomic E-state index is 11.4. The number of hydrogen-bond acceptors (Lipinski definition) is 4. The van der Waals surface area contributed by atoms with Gasteiger partial charge in [-0.25, -0.2) is 8.42 Å². The first-order chi connectivity index (χ1) is 7.52. The van der Waals surface area contributed by atoms with Gasteiger partial charge in [0.2, 0.25) is 0 Å². The van der Waals surface area contributed by atoms with Crippen LogP contribution < -0.4 is 10.5 Å². The average Bonchev–Trinajstić information content (AvgIpc) is 2.52. The molecule has 2 N–H and O–H groups in total. The minimum absolute atomic E-state index is 0.0870. The molecule has 2 atom stereocenters. The van der Waals surface area contributed by atoms with Gasteiger partial charge in [-0.1, -0.05) is 12.1 Å². The van der Waals surface area contributed by atoms with Gasteiger partial charge in [-0.05, 0) is 17.7 Å². The van der Waals surface area contributed by atoms with Crippen LogP contribution in [0.4, 0.5) is 0 Å². The van der Waals surface area contributed by atoms with E-state index >= 15 is 0 Å². The highest BCUT2D eigenvalue weighted by molar-refractivity contribution is 7.91. The summed E-state index contributed by atoms with van der Waals surface area (Å²) in [7, 11) is -1.37. The number of hydrogen-bond donors (Lipinski definition) is 1. The molecular formula is C11H15NO3S. The van der Waals surface area contributed by atoms with Crippen LogP contribution in [0, 0.1) is 0 Å². The number of ether oxygens (including phenoxy) is 1. The Labute approximate surface area is 95.3 Å². The second-order valence-electron chi connectivity index (χ2n) is 4.12. The van der Waals surface area contributed by atoms with Crippen LogP contribution in [0.5, 0.6) is 5.75 Å². The summed E-state index contributed by atoms with van der Waals surface area (Å²) >= 11 is 0. The lowest BCUT2D eigenvalue weighted by atomic mass is 9.95. The van der Waals surface area contributed by atoms with Gasteiger partial charge in [0.25, 0.3) is 0 Å². The standard InChI is InChI=1S/C11H15NO3S/c1-15-9-4-2-8(3-5-9)10-6-16(13,14)7-11(10)12/h2-5,10-11H,6-7,12H2,1H3. The summed E-state index contributed by atoms with van der Waals surface area (Å²) in [6.07, 6.45) is 0. The fourth-order valence-electron chi connectivity index (χ4n) is 2.07. The molecule has 4 nitrogen and oxygen atoms in total. The maximum Gasteiger partial charge on any atom is 0.152 e. The Hall–Kier alpha value is -1.07. The highest BCUT2D eigenvalue weighted by Gasteiger charge is 2.35. The maximum atomic E-state index is 11.4. The molecule has 1 aliphatic heterocycles. The van der Waals surface area contributed by atoms with Gasteiger partial charge in [0.05, 0.1) is 18.6 Å². The van der Waals surface area contributed by atoms with Crippen molar-refractivity contribution in [3.05, 3.63) is 29.8 Å². The molecule has 1 saturated heterocycles. The SMILES string of the molecule is COc1ccc(C2CS(=O)(=O)CC2N)cc1. The molecule has 0 aliphatic carbocycles.